The molecule has 8 heteroatoms. The van der Waals surface area contributed by atoms with Crippen molar-refractivity contribution in [3.63, 3.8) is 0 Å². The summed E-state index contributed by atoms with van der Waals surface area (Å²) in [7, 11) is -1.40. The fraction of sp³-hybridized carbons (Fsp3) is 0.667. The summed E-state index contributed by atoms with van der Waals surface area (Å²) in [4.78, 5) is 12.1. The number of aromatic nitrogens is 2. The van der Waals surface area contributed by atoms with E-state index in [-0.39, 0.29) is 18.4 Å². The van der Waals surface area contributed by atoms with Gasteiger partial charge in [-0.25, -0.2) is 12.7 Å². The molecule has 1 unspecified atom stereocenters. The summed E-state index contributed by atoms with van der Waals surface area (Å²) < 4.78 is 26.1. The van der Waals surface area contributed by atoms with Crippen LogP contribution in [-0.4, -0.2) is 47.8 Å². The Morgan fingerprint density at radius 2 is 2.30 bits per heavy atom. The molecule has 112 valence electrons. The summed E-state index contributed by atoms with van der Waals surface area (Å²) >= 11 is 0. The Hall–Kier alpha value is -1.41. The number of hydrogen-bond acceptors (Lipinski definition) is 4. The molecule has 7 nitrogen and oxygen atoms in total. The van der Waals surface area contributed by atoms with E-state index in [4.69, 9.17) is 0 Å². The normalized spacial score (nSPS) is 20.8. The molecule has 0 aromatic carbocycles. The fourth-order valence-corrected chi connectivity index (χ4v) is 3.27. The molecule has 1 atom stereocenters. The van der Waals surface area contributed by atoms with Crippen molar-refractivity contribution in [2.24, 2.45) is 13.0 Å². The zero-order chi connectivity index (χ0) is 14.8. The molecule has 0 bridgehead atoms. The highest BCUT2D eigenvalue weighted by atomic mass is 32.2. The van der Waals surface area contributed by atoms with Crippen molar-refractivity contribution in [3.8, 4) is 0 Å². The van der Waals surface area contributed by atoms with E-state index >= 15 is 0 Å². The minimum atomic E-state index is -3.22. The topological polar surface area (TPSA) is 84.3 Å². The van der Waals surface area contributed by atoms with Crippen molar-refractivity contribution in [1.29, 1.82) is 0 Å². The Kier molecular flexibility index (Phi) is 4.44. The van der Waals surface area contributed by atoms with Crippen LogP contribution in [0, 0.1) is 5.92 Å². The maximum atomic E-state index is 12.1. The number of nitrogens with zero attached hydrogens (tertiary/aromatic N) is 3. The quantitative estimate of drug-likeness (QED) is 0.828. The predicted molar refractivity (Wildman–Crippen MR) is 74.2 cm³/mol. The molecular weight excluding hydrogens is 280 g/mol. The lowest BCUT2D eigenvalue weighted by atomic mass is 9.99. The first kappa shape index (κ1) is 15.0. The summed E-state index contributed by atoms with van der Waals surface area (Å²) in [6.45, 7) is 1.19. The van der Waals surface area contributed by atoms with Gasteiger partial charge in [-0.15, -0.1) is 0 Å². The van der Waals surface area contributed by atoms with Gasteiger partial charge in [0, 0.05) is 26.3 Å². The summed E-state index contributed by atoms with van der Waals surface area (Å²) in [5.41, 5.74) is 0.911. The van der Waals surface area contributed by atoms with E-state index in [1.54, 1.807) is 10.9 Å². The Morgan fingerprint density at radius 3 is 2.90 bits per heavy atom. The van der Waals surface area contributed by atoms with Crippen molar-refractivity contribution < 1.29 is 13.2 Å². The van der Waals surface area contributed by atoms with E-state index in [0.717, 1.165) is 18.5 Å². The Labute approximate surface area is 119 Å². The largest absolute Gasteiger partial charge is 0.350 e. The third-order valence-corrected chi connectivity index (χ3v) is 4.86. The van der Waals surface area contributed by atoms with Gasteiger partial charge in [-0.1, -0.05) is 0 Å². The first-order valence-corrected chi connectivity index (χ1v) is 8.42. The molecule has 1 aromatic rings. The second-order valence-electron chi connectivity index (χ2n) is 5.12. The van der Waals surface area contributed by atoms with Gasteiger partial charge in [0.15, 0.2) is 0 Å². The highest BCUT2D eigenvalue weighted by Gasteiger charge is 2.29. The number of aryl methyl sites for hydroxylation is 1. The number of carbonyl (C=O) groups excluding carboxylic acids is 1. The Morgan fingerprint density at radius 1 is 1.55 bits per heavy atom. The van der Waals surface area contributed by atoms with Gasteiger partial charge in [-0.3, -0.25) is 9.48 Å². The molecule has 1 fully saturated rings. The van der Waals surface area contributed by atoms with Crippen molar-refractivity contribution >= 4 is 15.9 Å². The molecule has 1 aromatic heterocycles. The molecule has 2 heterocycles. The smallest absolute Gasteiger partial charge is 0.224 e. The SMILES string of the molecule is Cn1nccc1CNC(=O)C1CCCN(S(C)(=O)=O)C1. The zero-order valence-corrected chi connectivity index (χ0v) is 12.6. The maximum Gasteiger partial charge on any atom is 0.224 e. The van der Waals surface area contributed by atoms with Crippen molar-refractivity contribution in [2.75, 3.05) is 19.3 Å². The van der Waals surface area contributed by atoms with Crippen LogP contribution in [0.3, 0.4) is 0 Å². The number of carbonyl (C=O) groups is 1. The van der Waals surface area contributed by atoms with Crippen LogP contribution in [0.4, 0.5) is 0 Å². The minimum Gasteiger partial charge on any atom is -0.350 e. The summed E-state index contributed by atoms with van der Waals surface area (Å²) in [5, 5.41) is 6.88. The highest BCUT2D eigenvalue weighted by molar-refractivity contribution is 7.88. The number of rotatable bonds is 4. The Balaban J connectivity index is 1.91. The second-order valence-corrected chi connectivity index (χ2v) is 7.11. The lowest BCUT2D eigenvalue weighted by Gasteiger charge is -2.30. The first-order valence-electron chi connectivity index (χ1n) is 6.57. The molecule has 2 rings (SSSR count). The molecular formula is C12H20N4O3S. The molecule has 0 radical (unpaired) electrons. The molecule has 1 aliphatic heterocycles. The van der Waals surface area contributed by atoms with Crippen LogP contribution < -0.4 is 5.32 Å². The van der Waals surface area contributed by atoms with Gasteiger partial charge in [0.05, 0.1) is 24.4 Å². The number of sulfonamides is 1. The number of hydrogen-bond donors (Lipinski definition) is 1. The second kappa shape index (κ2) is 5.92. The lowest BCUT2D eigenvalue weighted by molar-refractivity contribution is -0.126. The third-order valence-electron chi connectivity index (χ3n) is 3.59. The van der Waals surface area contributed by atoms with Crippen LogP contribution in [0.25, 0.3) is 0 Å². The summed E-state index contributed by atoms with van der Waals surface area (Å²) in [6, 6.07) is 1.84. The average molecular weight is 300 g/mol. The predicted octanol–water partition coefficient (Wildman–Crippen LogP) is -0.292. The standard InChI is InChI=1S/C12H20N4O3S/c1-15-11(5-6-14-15)8-13-12(17)10-4-3-7-16(9-10)20(2,18)19/h5-6,10H,3-4,7-9H2,1-2H3,(H,13,17). The fourth-order valence-electron chi connectivity index (χ4n) is 2.35. The first-order chi connectivity index (χ1) is 9.38. The molecule has 1 aliphatic rings. The molecule has 1 amide bonds. The van der Waals surface area contributed by atoms with Gasteiger partial charge in [-0.05, 0) is 18.9 Å². The number of piperidine rings is 1. The van der Waals surface area contributed by atoms with Crippen molar-refractivity contribution in [2.45, 2.75) is 19.4 Å². The van der Waals surface area contributed by atoms with Crippen LogP contribution in [0.1, 0.15) is 18.5 Å². The molecule has 1 N–H and O–H groups in total. The summed E-state index contributed by atoms with van der Waals surface area (Å²) in [5.74, 6) is -0.369. The average Bonchev–Trinajstić information content (AvgIpc) is 2.81. The van der Waals surface area contributed by atoms with E-state index < -0.39 is 10.0 Å². The van der Waals surface area contributed by atoms with Gasteiger partial charge < -0.3 is 5.32 Å². The van der Waals surface area contributed by atoms with Gasteiger partial charge in [-0.2, -0.15) is 5.10 Å². The van der Waals surface area contributed by atoms with Crippen LogP contribution in [-0.2, 0) is 28.4 Å². The van der Waals surface area contributed by atoms with E-state index in [1.165, 1.54) is 10.6 Å². The van der Waals surface area contributed by atoms with Gasteiger partial charge in [0.2, 0.25) is 15.9 Å². The highest BCUT2D eigenvalue weighted by Crippen LogP contribution is 2.18. The molecule has 0 saturated carbocycles. The van der Waals surface area contributed by atoms with E-state index in [9.17, 15) is 13.2 Å². The zero-order valence-electron chi connectivity index (χ0n) is 11.7. The van der Waals surface area contributed by atoms with Gasteiger partial charge >= 0.3 is 0 Å². The van der Waals surface area contributed by atoms with Crippen LogP contribution in [0.5, 0.6) is 0 Å². The molecule has 0 aliphatic carbocycles. The van der Waals surface area contributed by atoms with E-state index in [0.29, 0.717) is 13.1 Å². The van der Waals surface area contributed by atoms with Crippen molar-refractivity contribution in [1.82, 2.24) is 19.4 Å². The van der Waals surface area contributed by atoms with E-state index in [1.807, 2.05) is 13.1 Å². The van der Waals surface area contributed by atoms with Crippen LogP contribution >= 0.6 is 0 Å². The molecule has 0 spiro atoms. The van der Waals surface area contributed by atoms with Gasteiger partial charge in [0.25, 0.3) is 0 Å². The van der Waals surface area contributed by atoms with E-state index in [2.05, 4.69) is 10.4 Å². The third kappa shape index (κ3) is 3.57. The molecule has 1 saturated heterocycles. The summed E-state index contributed by atoms with van der Waals surface area (Å²) in [6.07, 6.45) is 4.30. The van der Waals surface area contributed by atoms with Crippen LogP contribution in [0.15, 0.2) is 12.3 Å². The van der Waals surface area contributed by atoms with Crippen molar-refractivity contribution in [3.05, 3.63) is 18.0 Å². The number of nitrogens with one attached hydrogen (secondary N) is 1. The number of amides is 1. The maximum absolute atomic E-state index is 12.1. The van der Waals surface area contributed by atoms with Crippen LogP contribution in [0.2, 0.25) is 0 Å². The Bertz CT molecular complexity index is 581. The molecule has 20 heavy (non-hydrogen) atoms. The minimum absolute atomic E-state index is 0.0976. The monoisotopic (exact) mass is 300 g/mol. The van der Waals surface area contributed by atoms with Gasteiger partial charge in [0.1, 0.15) is 0 Å². The lowest BCUT2D eigenvalue weighted by Crippen LogP contribution is -2.45.